The van der Waals surface area contributed by atoms with E-state index >= 15 is 0 Å². The van der Waals surface area contributed by atoms with Gasteiger partial charge in [0.2, 0.25) is 0 Å². The lowest BCUT2D eigenvalue weighted by Gasteiger charge is -2.35. The molecule has 0 spiro atoms. The van der Waals surface area contributed by atoms with Gasteiger partial charge in [0.15, 0.2) is 0 Å². The van der Waals surface area contributed by atoms with Crippen LogP contribution in [0, 0.1) is 6.92 Å². The third kappa shape index (κ3) is 2.92. The number of methoxy groups -OCH3 is 1. The van der Waals surface area contributed by atoms with Gasteiger partial charge in [0.05, 0.1) is 18.8 Å². The highest BCUT2D eigenvalue weighted by Gasteiger charge is 2.43. The zero-order chi connectivity index (χ0) is 17.4. The van der Waals surface area contributed by atoms with E-state index in [0.29, 0.717) is 6.54 Å². The van der Waals surface area contributed by atoms with Gasteiger partial charge < -0.3 is 15.0 Å². The Bertz CT molecular complexity index is 791. The van der Waals surface area contributed by atoms with Crippen LogP contribution in [0.3, 0.4) is 0 Å². The average Bonchev–Trinajstić information content (AvgIpc) is 2.95. The minimum atomic E-state index is -0.00505. The number of aromatic nitrogens is 2. The van der Waals surface area contributed by atoms with E-state index in [0.717, 1.165) is 47.7 Å². The van der Waals surface area contributed by atoms with Crippen molar-refractivity contribution in [3.05, 3.63) is 53.1 Å². The molecule has 1 aromatic heterocycles. The first-order valence-corrected chi connectivity index (χ1v) is 8.67. The molecule has 2 aliphatic heterocycles. The maximum Gasteiger partial charge on any atom is 0.318 e. The first kappa shape index (κ1) is 15.9. The van der Waals surface area contributed by atoms with Gasteiger partial charge in [-0.2, -0.15) is 0 Å². The normalized spacial score (nSPS) is 21.0. The van der Waals surface area contributed by atoms with Gasteiger partial charge in [-0.15, -0.1) is 0 Å². The van der Waals surface area contributed by atoms with Crippen LogP contribution in [0.5, 0.6) is 5.75 Å². The summed E-state index contributed by atoms with van der Waals surface area (Å²) in [5, 5.41) is 3.05. The van der Waals surface area contributed by atoms with Gasteiger partial charge in [0.25, 0.3) is 0 Å². The number of benzene rings is 1. The molecule has 2 atom stereocenters. The number of carbonyl (C=O) groups is 1. The fourth-order valence-corrected chi connectivity index (χ4v) is 3.90. The van der Waals surface area contributed by atoms with Crippen molar-refractivity contribution in [2.75, 3.05) is 7.11 Å². The number of rotatable bonds is 3. The molecule has 3 heterocycles. The van der Waals surface area contributed by atoms with E-state index in [9.17, 15) is 4.79 Å². The lowest BCUT2D eigenvalue weighted by atomic mass is 9.99. The van der Waals surface area contributed by atoms with Gasteiger partial charge in [-0.3, -0.25) is 0 Å². The van der Waals surface area contributed by atoms with Crippen molar-refractivity contribution in [3.8, 4) is 5.75 Å². The molecule has 4 rings (SSSR count). The summed E-state index contributed by atoms with van der Waals surface area (Å²) in [6.45, 7) is 2.42. The number of nitrogens with one attached hydrogen (secondary N) is 1. The number of hydrogen-bond acceptors (Lipinski definition) is 4. The molecule has 25 heavy (non-hydrogen) atoms. The Morgan fingerprint density at radius 2 is 2.12 bits per heavy atom. The summed E-state index contributed by atoms with van der Waals surface area (Å²) in [6.07, 6.45) is 4.73. The van der Waals surface area contributed by atoms with Crippen molar-refractivity contribution in [1.29, 1.82) is 0 Å². The van der Waals surface area contributed by atoms with E-state index in [1.165, 1.54) is 0 Å². The maximum atomic E-state index is 12.8. The van der Waals surface area contributed by atoms with Crippen molar-refractivity contribution < 1.29 is 9.53 Å². The fraction of sp³-hybridized carbons (Fsp3) is 0.421. The van der Waals surface area contributed by atoms with Gasteiger partial charge in [-0.1, -0.05) is 12.1 Å². The molecule has 1 N–H and O–H groups in total. The van der Waals surface area contributed by atoms with E-state index in [2.05, 4.69) is 15.3 Å². The summed E-state index contributed by atoms with van der Waals surface area (Å²) < 4.78 is 5.16. The smallest absolute Gasteiger partial charge is 0.318 e. The Hall–Kier alpha value is -2.63. The second-order valence-corrected chi connectivity index (χ2v) is 6.68. The lowest BCUT2D eigenvalue weighted by molar-refractivity contribution is 0.164. The monoisotopic (exact) mass is 338 g/mol. The number of carbonyl (C=O) groups excluding carboxylic acids is 1. The van der Waals surface area contributed by atoms with Crippen molar-refractivity contribution in [2.45, 2.75) is 44.8 Å². The molecule has 1 aromatic carbocycles. The number of nitrogens with zero attached hydrogens (tertiary/aromatic N) is 3. The molecule has 0 radical (unpaired) electrons. The quantitative estimate of drug-likeness (QED) is 0.934. The average molecular weight is 338 g/mol. The predicted octanol–water partition coefficient (Wildman–Crippen LogP) is 2.77. The molecule has 1 fully saturated rings. The third-order valence-corrected chi connectivity index (χ3v) is 5.15. The van der Waals surface area contributed by atoms with E-state index in [-0.39, 0.29) is 18.1 Å². The molecule has 2 bridgehead atoms. The second kappa shape index (κ2) is 6.35. The summed E-state index contributed by atoms with van der Waals surface area (Å²) in [4.78, 5) is 23.7. The molecule has 2 amide bonds. The molecule has 130 valence electrons. The summed E-state index contributed by atoms with van der Waals surface area (Å²) in [6, 6.07) is 8.08. The molecule has 1 saturated heterocycles. The molecular weight excluding hydrogens is 316 g/mol. The molecule has 0 saturated carbocycles. The van der Waals surface area contributed by atoms with Gasteiger partial charge in [0, 0.05) is 30.8 Å². The van der Waals surface area contributed by atoms with Crippen molar-refractivity contribution >= 4 is 6.03 Å². The summed E-state index contributed by atoms with van der Waals surface area (Å²) in [5.74, 6) is 1.62. The Kier molecular flexibility index (Phi) is 4.03. The number of ether oxygens (including phenoxy) is 1. The van der Waals surface area contributed by atoms with Gasteiger partial charge in [-0.05, 0) is 37.5 Å². The van der Waals surface area contributed by atoms with Crippen LogP contribution >= 0.6 is 0 Å². The molecule has 6 nitrogen and oxygen atoms in total. The highest BCUT2D eigenvalue weighted by atomic mass is 16.5. The number of fused-ring (bicyclic) bond motifs is 4. The Balaban J connectivity index is 1.46. The highest BCUT2D eigenvalue weighted by Crippen LogP contribution is 2.42. The molecule has 2 unspecified atom stereocenters. The highest BCUT2D eigenvalue weighted by molar-refractivity contribution is 5.76. The van der Waals surface area contributed by atoms with E-state index in [4.69, 9.17) is 4.74 Å². The van der Waals surface area contributed by atoms with Crippen LogP contribution in [0.4, 0.5) is 4.79 Å². The van der Waals surface area contributed by atoms with Crippen LogP contribution in [-0.2, 0) is 13.0 Å². The number of hydrogen-bond donors (Lipinski definition) is 1. The van der Waals surface area contributed by atoms with Crippen LogP contribution in [0.15, 0.2) is 30.5 Å². The van der Waals surface area contributed by atoms with Crippen LogP contribution in [0.2, 0.25) is 0 Å². The maximum absolute atomic E-state index is 12.8. The number of aryl methyl sites for hydroxylation is 1. The topological polar surface area (TPSA) is 67.3 Å². The van der Waals surface area contributed by atoms with E-state index in [1.807, 2.05) is 42.3 Å². The first-order chi connectivity index (χ1) is 12.2. The van der Waals surface area contributed by atoms with Crippen molar-refractivity contribution in [2.24, 2.45) is 0 Å². The summed E-state index contributed by atoms with van der Waals surface area (Å²) in [5.41, 5.74) is 3.27. The number of amides is 2. The standard InChI is InChI=1S/C19H22N4O2/c1-12-20-11-16-17(22-12)9-14-5-8-18(16)23(14)19(24)21-10-13-3-6-15(25-2)7-4-13/h3-4,6-7,11,14,18H,5,8-10H2,1-2H3,(H,21,24). The minimum Gasteiger partial charge on any atom is -0.497 e. The zero-order valence-electron chi connectivity index (χ0n) is 14.5. The summed E-state index contributed by atoms with van der Waals surface area (Å²) >= 11 is 0. The molecule has 2 aromatic rings. The fourth-order valence-electron chi connectivity index (χ4n) is 3.90. The van der Waals surface area contributed by atoms with Gasteiger partial charge in [0.1, 0.15) is 11.6 Å². The van der Waals surface area contributed by atoms with Crippen LogP contribution < -0.4 is 10.1 Å². The Morgan fingerprint density at radius 1 is 1.32 bits per heavy atom. The van der Waals surface area contributed by atoms with Crippen molar-refractivity contribution in [1.82, 2.24) is 20.2 Å². The number of urea groups is 1. The van der Waals surface area contributed by atoms with Gasteiger partial charge in [-0.25, -0.2) is 14.8 Å². The SMILES string of the molecule is COc1ccc(CNC(=O)N2C3CCC2c2cnc(C)nc2C3)cc1. The molecule has 2 aliphatic rings. The minimum absolute atomic E-state index is 0.00505. The van der Waals surface area contributed by atoms with Crippen LogP contribution in [0.1, 0.15) is 41.5 Å². The van der Waals surface area contributed by atoms with E-state index in [1.54, 1.807) is 7.11 Å². The lowest BCUT2D eigenvalue weighted by Crippen LogP contribution is -2.47. The molecule has 0 aliphatic carbocycles. The van der Waals surface area contributed by atoms with E-state index < -0.39 is 0 Å². The third-order valence-electron chi connectivity index (χ3n) is 5.15. The predicted molar refractivity (Wildman–Crippen MR) is 93.3 cm³/mol. The second-order valence-electron chi connectivity index (χ2n) is 6.68. The Morgan fingerprint density at radius 3 is 2.88 bits per heavy atom. The molecular formula is C19H22N4O2. The largest absolute Gasteiger partial charge is 0.497 e. The molecule has 6 heteroatoms. The van der Waals surface area contributed by atoms with Crippen LogP contribution in [0.25, 0.3) is 0 Å². The van der Waals surface area contributed by atoms with Crippen LogP contribution in [-0.4, -0.2) is 34.1 Å². The van der Waals surface area contributed by atoms with Gasteiger partial charge >= 0.3 is 6.03 Å². The first-order valence-electron chi connectivity index (χ1n) is 8.67. The van der Waals surface area contributed by atoms with Crippen molar-refractivity contribution in [3.63, 3.8) is 0 Å². The summed E-state index contributed by atoms with van der Waals surface area (Å²) in [7, 11) is 1.64. The Labute approximate surface area is 147 Å². The zero-order valence-corrected chi connectivity index (χ0v) is 14.5.